The SMILES string of the molecule is Cc1ccc(/C(O)=C2\C(=N)N(c3cccc(Cl)c3C)C3=C(C(=O)CC(C)(C)C3)C2c2cccnc2)cc1. The lowest BCUT2D eigenvalue weighted by Crippen LogP contribution is -2.45. The number of amidine groups is 1. The number of halogens is 1. The minimum absolute atomic E-state index is 0.0199. The van der Waals surface area contributed by atoms with Crippen molar-refractivity contribution in [3.63, 3.8) is 0 Å². The average Bonchev–Trinajstić information content (AvgIpc) is 2.85. The van der Waals surface area contributed by atoms with Gasteiger partial charge in [-0.3, -0.25) is 20.1 Å². The number of hydrogen-bond donors (Lipinski definition) is 2. The first-order chi connectivity index (χ1) is 17.6. The van der Waals surface area contributed by atoms with Crippen molar-refractivity contribution in [2.45, 2.75) is 46.5 Å². The van der Waals surface area contributed by atoms with E-state index < -0.39 is 5.92 Å². The molecule has 0 spiro atoms. The Balaban J connectivity index is 1.87. The Labute approximate surface area is 222 Å². The molecule has 1 aromatic heterocycles. The zero-order valence-electron chi connectivity index (χ0n) is 21.5. The van der Waals surface area contributed by atoms with E-state index in [-0.39, 0.29) is 22.8 Å². The van der Waals surface area contributed by atoms with Crippen LogP contribution < -0.4 is 4.90 Å². The van der Waals surface area contributed by atoms with Crippen LogP contribution in [-0.4, -0.2) is 21.7 Å². The zero-order valence-corrected chi connectivity index (χ0v) is 22.2. The van der Waals surface area contributed by atoms with E-state index in [1.165, 1.54) is 0 Å². The number of aromatic nitrogens is 1. The largest absolute Gasteiger partial charge is 0.507 e. The van der Waals surface area contributed by atoms with Crippen LogP contribution in [0.15, 0.2) is 83.8 Å². The van der Waals surface area contributed by atoms with Gasteiger partial charge in [-0.1, -0.05) is 67.4 Å². The molecule has 2 aromatic carbocycles. The van der Waals surface area contributed by atoms with E-state index in [0.717, 1.165) is 28.1 Å². The second-order valence-electron chi connectivity index (χ2n) is 10.7. The lowest BCUT2D eigenvalue weighted by molar-refractivity contribution is -0.118. The summed E-state index contributed by atoms with van der Waals surface area (Å²) in [6, 6.07) is 16.9. The molecule has 5 nitrogen and oxygen atoms in total. The third-order valence-electron chi connectivity index (χ3n) is 7.30. The van der Waals surface area contributed by atoms with Crippen molar-refractivity contribution in [2.24, 2.45) is 5.41 Å². The Morgan fingerprint density at radius 2 is 1.81 bits per heavy atom. The van der Waals surface area contributed by atoms with E-state index in [9.17, 15) is 15.3 Å². The number of aliphatic hydroxyl groups excluding tert-OH is 1. The fraction of sp³-hybridized carbons (Fsp3) is 0.258. The number of nitrogens with one attached hydrogen (secondary N) is 1. The fourth-order valence-corrected chi connectivity index (χ4v) is 5.63. The smallest absolute Gasteiger partial charge is 0.162 e. The van der Waals surface area contributed by atoms with E-state index in [4.69, 9.17) is 11.6 Å². The third-order valence-corrected chi connectivity index (χ3v) is 7.71. The van der Waals surface area contributed by atoms with Crippen LogP contribution >= 0.6 is 11.6 Å². The first-order valence-corrected chi connectivity index (χ1v) is 12.8. The number of hydrogen-bond acceptors (Lipinski definition) is 4. The van der Waals surface area contributed by atoms with Crippen molar-refractivity contribution in [1.82, 2.24) is 4.98 Å². The summed E-state index contributed by atoms with van der Waals surface area (Å²) >= 11 is 6.53. The van der Waals surface area contributed by atoms with Gasteiger partial charge in [0, 0.05) is 52.2 Å². The summed E-state index contributed by atoms with van der Waals surface area (Å²) in [6.07, 6.45) is 4.40. The van der Waals surface area contributed by atoms with Gasteiger partial charge in [-0.2, -0.15) is 0 Å². The Morgan fingerprint density at radius 1 is 1.08 bits per heavy atom. The molecule has 2 aliphatic rings. The molecule has 0 amide bonds. The first kappa shape index (κ1) is 25.0. The Bertz CT molecular complexity index is 1470. The number of anilines is 1. The van der Waals surface area contributed by atoms with Gasteiger partial charge < -0.3 is 5.11 Å². The number of Topliss-reactive ketones (excluding diaryl/α,β-unsaturated/α-hetero) is 1. The number of ketones is 1. The first-order valence-electron chi connectivity index (χ1n) is 12.4. The van der Waals surface area contributed by atoms with Gasteiger partial charge >= 0.3 is 0 Å². The Morgan fingerprint density at radius 3 is 2.49 bits per heavy atom. The molecular weight excluding hydrogens is 482 g/mol. The quantitative estimate of drug-likeness (QED) is 0.356. The van der Waals surface area contributed by atoms with Gasteiger partial charge in [0.2, 0.25) is 0 Å². The standard InChI is InChI=1S/C31H30ClN3O2/c1-18-10-12-20(13-11-18)29(37)28-26(21-7-6-14-34-17-21)27-24(15-31(3,4)16-25(27)36)35(30(28)33)23-9-5-8-22(32)19(23)2/h5-14,17,26,33,37H,15-16H2,1-4H3/b29-28+,33-30?. The lowest BCUT2D eigenvalue weighted by atomic mass is 9.67. The van der Waals surface area contributed by atoms with Crippen LogP contribution in [0.3, 0.4) is 0 Å². The second-order valence-corrected chi connectivity index (χ2v) is 11.1. The maximum absolute atomic E-state index is 13.9. The highest BCUT2D eigenvalue weighted by Crippen LogP contribution is 2.51. The molecule has 1 aliphatic carbocycles. The minimum Gasteiger partial charge on any atom is -0.507 e. The highest BCUT2D eigenvalue weighted by molar-refractivity contribution is 6.32. The van der Waals surface area contributed by atoms with Crippen LogP contribution in [0.5, 0.6) is 0 Å². The van der Waals surface area contributed by atoms with Crippen LogP contribution in [-0.2, 0) is 4.79 Å². The van der Waals surface area contributed by atoms with Crippen LogP contribution in [0.25, 0.3) is 5.76 Å². The molecule has 2 N–H and O–H groups in total. The predicted molar refractivity (Wildman–Crippen MR) is 149 cm³/mol. The summed E-state index contributed by atoms with van der Waals surface area (Å²) in [5.74, 6) is -0.488. The molecule has 2 heterocycles. The highest BCUT2D eigenvalue weighted by atomic mass is 35.5. The van der Waals surface area contributed by atoms with Gasteiger partial charge in [-0.15, -0.1) is 0 Å². The molecule has 0 saturated carbocycles. The summed E-state index contributed by atoms with van der Waals surface area (Å²) < 4.78 is 0. The van der Waals surface area contributed by atoms with Crippen LogP contribution in [0.2, 0.25) is 5.02 Å². The topological polar surface area (TPSA) is 77.3 Å². The lowest BCUT2D eigenvalue weighted by Gasteiger charge is -2.45. The molecule has 188 valence electrons. The molecular formula is C31H30ClN3O2. The van der Waals surface area contributed by atoms with Crippen LogP contribution in [0.1, 0.15) is 54.9 Å². The summed E-state index contributed by atoms with van der Waals surface area (Å²) in [5.41, 5.74) is 5.46. The number of nitrogens with zero attached hydrogens (tertiary/aromatic N) is 2. The van der Waals surface area contributed by atoms with Crippen molar-refractivity contribution in [2.75, 3.05) is 4.90 Å². The number of benzene rings is 2. The van der Waals surface area contributed by atoms with Crippen molar-refractivity contribution in [3.05, 3.63) is 111 Å². The van der Waals surface area contributed by atoms with Crippen molar-refractivity contribution < 1.29 is 9.90 Å². The van der Waals surface area contributed by atoms with Crippen molar-refractivity contribution in [3.8, 4) is 0 Å². The maximum Gasteiger partial charge on any atom is 0.162 e. The van der Waals surface area contributed by atoms with Gasteiger partial charge in [0.25, 0.3) is 0 Å². The van der Waals surface area contributed by atoms with Crippen LogP contribution in [0, 0.1) is 24.7 Å². The van der Waals surface area contributed by atoms with Gasteiger partial charge in [-0.25, -0.2) is 0 Å². The normalized spacial score (nSPS) is 20.7. The summed E-state index contributed by atoms with van der Waals surface area (Å²) in [6.45, 7) is 8.06. The van der Waals surface area contributed by atoms with Gasteiger partial charge in [0.15, 0.2) is 5.78 Å². The third kappa shape index (κ3) is 4.38. The summed E-state index contributed by atoms with van der Waals surface area (Å²) in [4.78, 5) is 20.0. The molecule has 1 aliphatic heterocycles. The molecule has 0 fully saturated rings. The highest BCUT2D eigenvalue weighted by Gasteiger charge is 2.47. The number of pyridine rings is 1. The van der Waals surface area contributed by atoms with E-state index in [1.807, 2.05) is 73.3 Å². The van der Waals surface area contributed by atoms with Crippen LogP contribution in [0.4, 0.5) is 5.69 Å². The minimum atomic E-state index is -0.614. The zero-order chi connectivity index (χ0) is 26.5. The monoisotopic (exact) mass is 511 g/mol. The molecule has 0 saturated heterocycles. The number of rotatable bonds is 3. The van der Waals surface area contributed by atoms with Gasteiger partial charge in [0.05, 0.1) is 5.69 Å². The second kappa shape index (κ2) is 9.31. The van der Waals surface area contributed by atoms with Gasteiger partial charge in [-0.05, 0) is 55.0 Å². The molecule has 3 aromatic rings. The van der Waals surface area contributed by atoms with E-state index in [2.05, 4.69) is 18.8 Å². The Kier molecular flexibility index (Phi) is 6.28. The van der Waals surface area contributed by atoms with Crippen molar-refractivity contribution in [1.29, 1.82) is 5.41 Å². The molecule has 1 atom stereocenters. The average molecular weight is 512 g/mol. The molecule has 0 bridgehead atoms. The van der Waals surface area contributed by atoms with Crippen molar-refractivity contribution >= 4 is 34.7 Å². The molecule has 37 heavy (non-hydrogen) atoms. The predicted octanol–water partition coefficient (Wildman–Crippen LogP) is 7.55. The summed E-state index contributed by atoms with van der Waals surface area (Å²) in [5, 5.41) is 21.8. The number of aliphatic hydroxyl groups is 1. The molecule has 0 radical (unpaired) electrons. The van der Waals surface area contributed by atoms with E-state index in [1.54, 1.807) is 12.4 Å². The Hall–Kier alpha value is -3.70. The van der Waals surface area contributed by atoms with E-state index in [0.29, 0.717) is 34.6 Å². The summed E-state index contributed by atoms with van der Waals surface area (Å²) in [7, 11) is 0. The van der Waals surface area contributed by atoms with Gasteiger partial charge in [0.1, 0.15) is 11.6 Å². The number of aryl methyl sites for hydroxylation is 1. The molecule has 6 heteroatoms. The number of allylic oxidation sites excluding steroid dienone is 2. The molecule has 1 unspecified atom stereocenters. The van der Waals surface area contributed by atoms with E-state index >= 15 is 0 Å². The number of carbonyl (C=O) groups is 1. The molecule has 5 rings (SSSR count). The number of carbonyl (C=O) groups excluding carboxylic acids is 1. The fourth-order valence-electron chi connectivity index (χ4n) is 5.47. The maximum atomic E-state index is 13.9.